The van der Waals surface area contributed by atoms with Crippen molar-refractivity contribution in [3.05, 3.63) is 119 Å². The predicted molar refractivity (Wildman–Crippen MR) is 285 cm³/mol. The Morgan fingerprint density at radius 3 is 1.53 bits per heavy atom. The highest BCUT2D eigenvalue weighted by molar-refractivity contribution is 5.96. The van der Waals surface area contributed by atoms with Crippen LogP contribution in [0.3, 0.4) is 0 Å². The van der Waals surface area contributed by atoms with Crippen molar-refractivity contribution in [1.29, 1.82) is 0 Å². The number of hydrogen-bond acceptors (Lipinski definition) is 11. The number of amides is 3. The summed E-state index contributed by atoms with van der Waals surface area (Å²) in [6.45, 7) is 19.6. The number of halogens is 1. The lowest BCUT2D eigenvalue weighted by molar-refractivity contribution is 0.00751. The maximum atomic E-state index is 13.9. The molecule has 4 aromatic rings. The zero-order valence-electron chi connectivity index (χ0n) is 44.2. The van der Waals surface area contributed by atoms with Crippen LogP contribution in [0.5, 0.6) is 23.0 Å². The van der Waals surface area contributed by atoms with Gasteiger partial charge in [0, 0.05) is 89.2 Å². The molecule has 14 nitrogen and oxygen atoms in total. The lowest BCUT2D eigenvalue weighted by atomic mass is 10.0. The summed E-state index contributed by atoms with van der Waals surface area (Å²) in [4.78, 5) is 45.7. The second-order valence-electron chi connectivity index (χ2n) is 19.6. The summed E-state index contributed by atoms with van der Waals surface area (Å²) in [5, 5.41) is 3.42. The zero-order valence-corrected chi connectivity index (χ0v) is 45.0. The molecule has 2 aliphatic rings. The Labute approximate surface area is 435 Å². The molecule has 2 fully saturated rings. The third-order valence-electron chi connectivity index (χ3n) is 12.0. The molecule has 3 amide bonds. The largest absolute Gasteiger partial charge is 0.490 e. The quantitative estimate of drug-likeness (QED) is 0.0753. The number of ether oxygens (including phenoxy) is 7. The smallest absolute Gasteiger partial charge is 0.410 e. The summed E-state index contributed by atoms with van der Waals surface area (Å²) in [6.07, 6.45) is 4.88. The molecule has 2 aliphatic heterocycles. The molecule has 4 aromatic carbocycles. The van der Waals surface area contributed by atoms with Gasteiger partial charge >= 0.3 is 6.09 Å². The molecule has 0 spiro atoms. The van der Waals surface area contributed by atoms with Crippen molar-refractivity contribution in [1.82, 2.24) is 20.0 Å². The van der Waals surface area contributed by atoms with Gasteiger partial charge in [-0.2, -0.15) is 0 Å². The van der Waals surface area contributed by atoms with Crippen molar-refractivity contribution < 1.29 is 47.5 Å². The van der Waals surface area contributed by atoms with Crippen molar-refractivity contribution in [3.8, 4) is 23.0 Å². The van der Waals surface area contributed by atoms with Crippen molar-refractivity contribution in [2.45, 2.75) is 130 Å². The van der Waals surface area contributed by atoms with Crippen LogP contribution in [0, 0.1) is 0 Å². The molecule has 0 radical (unpaired) electrons. The molecule has 0 bridgehead atoms. The first-order valence-corrected chi connectivity index (χ1v) is 25.4. The third-order valence-corrected chi connectivity index (χ3v) is 12.0. The minimum absolute atomic E-state index is 0. The van der Waals surface area contributed by atoms with Crippen molar-refractivity contribution in [2.24, 2.45) is 0 Å². The topological polar surface area (TPSA) is 138 Å². The molecular weight excluding hydrogens is 936 g/mol. The van der Waals surface area contributed by atoms with Gasteiger partial charge in [0.15, 0.2) is 23.0 Å². The highest BCUT2D eigenvalue weighted by atomic mass is 35.5. The molecular formula is C57H81ClN4O10. The van der Waals surface area contributed by atoms with Crippen molar-refractivity contribution in [2.75, 3.05) is 66.8 Å². The molecule has 0 aliphatic carbocycles. The van der Waals surface area contributed by atoms with Gasteiger partial charge in [0.05, 0.1) is 19.3 Å². The van der Waals surface area contributed by atoms with Crippen LogP contribution in [0.1, 0.15) is 119 Å². The van der Waals surface area contributed by atoms with Gasteiger partial charge < -0.3 is 53.2 Å². The van der Waals surface area contributed by atoms with Crippen LogP contribution in [0.2, 0.25) is 0 Å². The van der Waals surface area contributed by atoms with E-state index >= 15 is 0 Å². The normalized spacial score (nSPS) is 15.6. The molecule has 6 rings (SSSR count). The zero-order chi connectivity index (χ0) is 51.2. The van der Waals surface area contributed by atoms with Crippen LogP contribution in [0.15, 0.2) is 97.1 Å². The standard InChI is InChI=1S/C31H44N2O6.C26H36N2O4.ClH/c1-23(2)33(26-14-10-17-32(21-26)30(35)39-31(3,4)5)29(34)25-15-16-27(28(20-25)37-19-11-18-36-6)38-22-24-12-8-7-9-13-24;1-20(2)28(23-11-7-14-27-18-23)26(29)22-12-13-24(25(17-22)31-16-8-15-30-3)32-19-21-9-5-4-6-10-21;/h7-9,12-13,15-16,20,23,26H,10-11,14,17-19,21-22H2,1-6H3;4-6,9-10,12-13,17,20,23,27H,7-8,11,14-16,18-19H2,1-3H3;1H/t26-;23-;/m11./s1. The minimum Gasteiger partial charge on any atom is -0.490 e. The van der Waals surface area contributed by atoms with Crippen LogP contribution in [-0.4, -0.2) is 129 Å². The second kappa shape index (κ2) is 30.5. The number of nitrogens with one attached hydrogen (secondary N) is 1. The Morgan fingerprint density at radius 2 is 1.10 bits per heavy atom. The molecule has 2 saturated heterocycles. The van der Waals surface area contributed by atoms with Gasteiger partial charge in [0.25, 0.3) is 11.8 Å². The molecule has 2 atom stereocenters. The van der Waals surface area contributed by atoms with Crippen LogP contribution < -0.4 is 24.3 Å². The fourth-order valence-electron chi connectivity index (χ4n) is 8.67. The number of likely N-dealkylation sites (tertiary alicyclic amines) is 1. The van der Waals surface area contributed by atoms with Gasteiger partial charge in [-0.1, -0.05) is 60.7 Å². The second-order valence-corrected chi connectivity index (χ2v) is 19.6. The first kappa shape index (κ1) is 59.0. The molecule has 0 aromatic heterocycles. The fourth-order valence-corrected chi connectivity index (χ4v) is 8.67. The number of nitrogens with zero attached hydrogens (tertiary/aromatic N) is 3. The van der Waals surface area contributed by atoms with E-state index in [1.807, 2.05) is 123 Å². The lowest BCUT2D eigenvalue weighted by Crippen LogP contribution is -2.54. The average molecular weight is 1020 g/mol. The predicted octanol–water partition coefficient (Wildman–Crippen LogP) is 10.6. The molecule has 15 heteroatoms. The highest BCUT2D eigenvalue weighted by Crippen LogP contribution is 2.33. The summed E-state index contributed by atoms with van der Waals surface area (Å²) in [6, 6.07) is 30.9. The number of hydrogen-bond donors (Lipinski definition) is 1. The van der Waals surface area contributed by atoms with Gasteiger partial charge in [-0.05, 0) is 128 Å². The third kappa shape index (κ3) is 18.8. The number of piperidine rings is 2. The Kier molecular flexibility index (Phi) is 25.0. The first-order chi connectivity index (χ1) is 34.2. The summed E-state index contributed by atoms with van der Waals surface area (Å²) in [7, 11) is 3.33. The Balaban J connectivity index is 0.000000314. The number of carbonyl (C=O) groups is 3. The van der Waals surface area contributed by atoms with Gasteiger partial charge in [-0.3, -0.25) is 9.59 Å². The molecule has 72 heavy (non-hydrogen) atoms. The Hall–Kier alpha value is -5.54. The number of benzene rings is 4. The van der Waals surface area contributed by atoms with E-state index in [-0.39, 0.29) is 54.5 Å². The van der Waals surface area contributed by atoms with E-state index in [0.717, 1.165) is 56.3 Å². The lowest BCUT2D eigenvalue weighted by Gasteiger charge is -2.41. The SMILES string of the molecule is COCCCOc1cc(C(=O)N(C(C)C)[C@@H]2CCCN(C(=O)OC(C)(C)C)C2)ccc1OCc1ccccc1.COCCCOc1cc(C(=O)N(C(C)C)[C@@H]2CCCNC2)ccc1OCc1ccccc1.Cl. The highest BCUT2D eigenvalue weighted by Gasteiger charge is 2.35. The van der Waals surface area contributed by atoms with E-state index in [9.17, 15) is 14.4 Å². The summed E-state index contributed by atoms with van der Waals surface area (Å²) < 4.78 is 40.1. The van der Waals surface area contributed by atoms with E-state index in [4.69, 9.17) is 33.2 Å². The number of carbonyl (C=O) groups excluding carboxylic acids is 3. The maximum absolute atomic E-state index is 13.9. The maximum Gasteiger partial charge on any atom is 0.410 e. The number of methoxy groups -OCH3 is 2. The molecule has 1 N–H and O–H groups in total. The van der Waals surface area contributed by atoms with Gasteiger partial charge in [0.2, 0.25) is 0 Å². The average Bonchev–Trinajstić information content (AvgIpc) is 3.36. The van der Waals surface area contributed by atoms with Gasteiger partial charge in [-0.25, -0.2) is 4.79 Å². The molecule has 2 heterocycles. The van der Waals surface area contributed by atoms with Crippen LogP contribution in [-0.2, 0) is 27.4 Å². The Morgan fingerprint density at radius 1 is 0.625 bits per heavy atom. The van der Waals surface area contributed by atoms with Crippen LogP contribution >= 0.6 is 12.4 Å². The van der Waals surface area contributed by atoms with Gasteiger partial charge in [-0.15, -0.1) is 12.4 Å². The summed E-state index contributed by atoms with van der Waals surface area (Å²) >= 11 is 0. The first-order valence-electron chi connectivity index (χ1n) is 25.4. The monoisotopic (exact) mass is 1020 g/mol. The van der Waals surface area contributed by atoms with E-state index < -0.39 is 5.60 Å². The fraction of sp³-hybridized carbons (Fsp3) is 0.526. The summed E-state index contributed by atoms with van der Waals surface area (Å²) in [5.74, 6) is 2.27. The minimum atomic E-state index is -0.568. The summed E-state index contributed by atoms with van der Waals surface area (Å²) in [5.41, 5.74) is 2.70. The van der Waals surface area contributed by atoms with E-state index in [1.165, 1.54) is 0 Å². The Bertz CT molecular complexity index is 2220. The van der Waals surface area contributed by atoms with Crippen LogP contribution in [0.4, 0.5) is 4.79 Å². The number of rotatable bonds is 22. The van der Waals surface area contributed by atoms with Gasteiger partial charge in [0.1, 0.15) is 18.8 Å². The molecule has 396 valence electrons. The molecule has 0 saturated carbocycles. The van der Waals surface area contributed by atoms with Crippen LogP contribution in [0.25, 0.3) is 0 Å². The van der Waals surface area contributed by atoms with Crippen molar-refractivity contribution >= 4 is 30.3 Å². The van der Waals surface area contributed by atoms with E-state index in [0.29, 0.717) is 93.3 Å². The molecule has 0 unspecified atom stereocenters. The van der Waals surface area contributed by atoms with Crippen molar-refractivity contribution in [3.63, 3.8) is 0 Å². The van der Waals surface area contributed by atoms with E-state index in [1.54, 1.807) is 37.3 Å². The van der Waals surface area contributed by atoms with E-state index in [2.05, 4.69) is 19.2 Å².